The number of nitrogens with zero attached hydrogens (tertiary/aromatic N) is 1. The van der Waals surface area contributed by atoms with E-state index in [1.54, 1.807) is 18.2 Å². The molecule has 4 heteroatoms. The Morgan fingerprint density at radius 2 is 2.05 bits per heavy atom. The number of fused-ring (bicyclic) bond motifs is 1. The summed E-state index contributed by atoms with van der Waals surface area (Å²) in [6.07, 6.45) is 6.05. The lowest BCUT2D eigenvalue weighted by atomic mass is 9.72. The fraction of sp³-hybridized carbons (Fsp3) is 0.588. The summed E-state index contributed by atoms with van der Waals surface area (Å²) in [6, 6.07) is 5.63. The highest BCUT2D eigenvalue weighted by atomic mass is 35.5. The average Bonchev–Trinajstić information content (AvgIpc) is 2.50. The van der Waals surface area contributed by atoms with Crippen molar-refractivity contribution >= 4 is 23.2 Å². The zero-order chi connectivity index (χ0) is 15.0. The van der Waals surface area contributed by atoms with Crippen LogP contribution in [0.5, 0.6) is 0 Å². The molecular formula is C17H23ClN2O. The number of hydrogen-bond donors (Lipinski definition) is 1. The van der Waals surface area contributed by atoms with Crippen molar-refractivity contribution in [2.45, 2.75) is 45.1 Å². The summed E-state index contributed by atoms with van der Waals surface area (Å²) in [5, 5.41) is 0.464. The van der Waals surface area contributed by atoms with Crippen LogP contribution in [0.2, 0.25) is 5.02 Å². The van der Waals surface area contributed by atoms with Crippen LogP contribution in [-0.4, -0.2) is 23.4 Å². The third-order valence-corrected chi connectivity index (χ3v) is 5.57. The quantitative estimate of drug-likeness (QED) is 0.798. The van der Waals surface area contributed by atoms with Gasteiger partial charge in [0.2, 0.25) is 0 Å². The highest BCUT2D eigenvalue weighted by molar-refractivity contribution is 6.33. The van der Waals surface area contributed by atoms with Crippen molar-refractivity contribution in [1.29, 1.82) is 0 Å². The van der Waals surface area contributed by atoms with Crippen LogP contribution >= 0.6 is 11.6 Å². The molecule has 1 saturated heterocycles. The van der Waals surface area contributed by atoms with Crippen LogP contribution in [-0.2, 0) is 0 Å². The molecule has 1 aliphatic carbocycles. The maximum atomic E-state index is 12.9. The van der Waals surface area contributed by atoms with Gasteiger partial charge in [-0.25, -0.2) is 0 Å². The normalized spacial score (nSPS) is 29.0. The van der Waals surface area contributed by atoms with Gasteiger partial charge in [0.25, 0.3) is 5.91 Å². The minimum absolute atomic E-state index is 0.112. The minimum Gasteiger partial charge on any atom is -0.398 e. The molecule has 0 spiro atoms. The predicted molar refractivity (Wildman–Crippen MR) is 86.4 cm³/mol. The van der Waals surface area contributed by atoms with E-state index < -0.39 is 0 Å². The van der Waals surface area contributed by atoms with Crippen molar-refractivity contribution < 1.29 is 4.79 Å². The first kappa shape index (κ1) is 14.7. The number of nitrogens with two attached hydrogens (primary N) is 1. The van der Waals surface area contributed by atoms with Gasteiger partial charge in [0, 0.05) is 18.2 Å². The number of carbonyl (C=O) groups is 1. The number of anilines is 1. The zero-order valence-corrected chi connectivity index (χ0v) is 13.3. The number of hydrogen-bond acceptors (Lipinski definition) is 2. The van der Waals surface area contributed by atoms with Crippen molar-refractivity contribution in [2.24, 2.45) is 11.8 Å². The molecule has 1 aromatic rings. The van der Waals surface area contributed by atoms with Crippen molar-refractivity contribution in [3.05, 3.63) is 28.8 Å². The Labute approximate surface area is 131 Å². The largest absolute Gasteiger partial charge is 0.398 e. The number of amides is 1. The van der Waals surface area contributed by atoms with Crippen molar-refractivity contribution in [3.8, 4) is 0 Å². The molecule has 3 atom stereocenters. The van der Waals surface area contributed by atoms with Crippen LogP contribution in [0, 0.1) is 11.8 Å². The van der Waals surface area contributed by atoms with Crippen LogP contribution in [0.3, 0.4) is 0 Å². The van der Waals surface area contributed by atoms with Gasteiger partial charge in [-0.3, -0.25) is 4.79 Å². The maximum Gasteiger partial charge on any atom is 0.254 e. The molecule has 21 heavy (non-hydrogen) atoms. The molecule has 3 nitrogen and oxygen atoms in total. The van der Waals surface area contributed by atoms with Gasteiger partial charge in [-0.05, 0) is 49.3 Å². The molecular weight excluding hydrogens is 284 g/mol. The molecule has 1 aromatic carbocycles. The molecule has 2 aliphatic rings. The summed E-state index contributed by atoms with van der Waals surface area (Å²) in [6.45, 7) is 3.20. The van der Waals surface area contributed by atoms with Gasteiger partial charge in [-0.15, -0.1) is 0 Å². The first-order valence-corrected chi connectivity index (χ1v) is 8.31. The van der Waals surface area contributed by atoms with Gasteiger partial charge in [-0.1, -0.05) is 31.4 Å². The van der Waals surface area contributed by atoms with Crippen molar-refractivity contribution in [1.82, 2.24) is 4.90 Å². The first-order chi connectivity index (χ1) is 10.1. The van der Waals surface area contributed by atoms with E-state index in [1.807, 2.05) is 0 Å². The number of carbonyl (C=O) groups excluding carboxylic acids is 1. The van der Waals surface area contributed by atoms with Crippen LogP contribution < -0.4 is 5.73 Å². The van der Waals surface area contributed by atoms with E-state index in [9.17, 15) is 4.79 Å². The predicted octanol–water partition coefficient (Wildman–Crippen LogP) is 3.96. The van der Waals surface area contributed by atoms with Crippen LogP contribution in [0.15, 0.2) is 18.2 Å². The Bertz CT molecular complexity index is 546. The minimum atomic E-state index is 0.112. The second kappa shape index (κ2) is 5.88. The molecule has 2 N–H and O–H groups in total. The molecule has 1 saturated carbocycles. The number of benzene rings is 1. The molecule has 1 amide bonds. The standard InChI is InChI=1S/C17H23ClN2O/c1-11-8-9-20(16-5-3-2-4-13(11)16)17(21)12-6-7-15(19)14(18)10-12/h6-7,10-11,13,16H,2-5,8-9,19H2,1H3. The third-order valence-electron chi connectivity index (χ3n) is 5.25. The summed E-state index contributed by atoms with van der Waals surface area (Å²) in [4.78, 5) is 14.9. The number of nitrogen functional groups attached to an aromatic ring is 1. The van der Waals surface area contributed by atoms with Crippen molar-refractivity contribution in [2.75, 3.05) is 12.3 Å². The van der Waals surface area contributed by atoms with Crippen molar-refractivity contribution in [3.63, 3.8) is 0 Å². The Morgan fingerprint density at radius 1 is 1.29 bits per heavy atom. The summed E-state index contributed by atoms with van der Waals surface area (Å²) in [7, 11) is 0. The van der Waals surface area contributed by atoms with Gasteiger partial charge in [0.05, 0.1) is 10.7 Å². The summed E-state index contributed by atoms with van der Waals surface area (Å²) in [5.74, 6) is 1.51. The fourth-order valence-electron chi connectivity index (χ4n) is 3.99. The fourth-order valence-corrected chi connectivity index (χ4v) is 4.17. The second-order valence-corrected chi connectivity index (χ2v) is 6.92. The SMILES string of the molecule is CC1CCN(C(=O)c2ccc(N)c(Cl)c2)C2CCCCC12. The second-order valence-electron chi connectivity index (χ2n) is 6.52. The molecule has 3 unspecified atom stereocenters. The number of likely N-dealkylation sites (tertiary alicyclic amines) is 1. The van der Waals surface area contributed by atoms with E-state index in [1.165, 1.54) is 19.3 Å². The maximum absolute atomic E-state index is 12.9. The molecule has 0 aromatic heterocycles. The van der Waals surface area contributed by atoms with Gasteiger partial charge < -0.3 is 10.6 Å². The van der Waals surface area contributed by atoms with Gasteiger partial charge >= 0.3 is 0 Å². The van der Waals surface area contributed by atoms with Crippen LogP contribution in [0.4, 0.5) is 5.69 Å². The Morgan fingerprint density at radius 3 is 2.81 bits per heavy atom. The number of rotatable bonds is 1. The smallest absolute Gasteiger partial charge is 0.254 e. The highest BCUT2D eigenvalue weighted by Gasteiger charge is 2.39. The molecule has 2 fully saturated rings. The van der Waals surface area contributed by atoms with E-state index in [-0.39, 0.29) is 5.91 Å². The zero-order valence-electron chi connectivity index (χ0n) is 12.5. The lowest BCUT2D eigenvalue weighted by Gasteiger charge is -2.47. The van der Waals surface area contributed by atoms with Crippen LogP contribution in [0.25, 0.3) is 0 Å². The van der Waals surface area contributed by atoms with Gasteiger partial charge in [0.15, 0.2) is 0 Å². The molecule has 1 aliphatic heterocycles. The van der Waals surface area contributed by atoms with E-state index in [0.29, 0.717) is 28.2 Å². The Kier molecular flexibility index (Phi) is 4.12. The van der Waals surface area contributed by atoms with Gasteiger partial charge in [-0.2, -0.15) is 0 Å². The lowest BCUT2D eigenvalue weighted by Crippen LogP contribution is -2.52. The van der Waals surface area contributed by atoms with Crippen LogP contribution in [0.1, 0.15) is 49.4 Å². The molecule has 3 rings (SSSR count). The Balaban J connectivity index is 1.84. The molecule has 0 bridgehead atoms. The summed E-state index contributed by atoms with van der Waals surface area (Å²) >= 11 is 6.06. The van der Waals surface area contributed by atoms with E-state index in [0.717, 1.165) is 25.3 Å². The van der Waals surface area contributed by atoms with E-state index in [4.69, 9.17) is 17.3 Å². The average molecular weight is 307 g/mol. The first-order valence-electron chi connectivity index (χ1n) is 7.94. The number of halogens is 1. The summed E-state index contributed by atoms with van der Waals surface area (Å²) < 4.78 is 0. The lowest BCUT2D eigenvalue weighted by molar-refractivity contribution is 0.0218. The Hall–Kier alpha value is -1.22. The van der Waals surface area contributed by atoms with E-state index >= 15 is 0 Å². The molecule has 1 heterocycles. The van der Waals surface area contributed by atoms with Gasteiger partial charge in [0.1, 0.15) is 0 Å². The topological polar surface area (TPSA) is 46.3 Å². The third kappa shape index (κ3) is 2.76. The highest BCUT2D eigenvalue weighted by Crippen LogP contribution is 2.39. The molecule has 0 radical (unpaired) electrons. The monoisotopic (exact) mass is 306 g/mol. The summed E-state index contributed by atoms with van der Waals surface area (Å²) in [5.41, 5.74) is 6.92. The molecule has 114 valence electrons. The van der Waals surface area contributed by atoms with E-state index in [2.05, 4.69) is 11.8 Å². The number of piperidine rings is 1.